The molecule has 0 aromatic rings. The fourth-order valence-electron chi connectivity index (χ4n) is 12.0. The number of hydrogen-bond acceptors (Lipinski definition) is 10. The van der Waals surface area contributed by atoms with Crippen molar-refractivity contribution in [3.8, 4) is 0 Å². The number of hydrogen-bond donors (Lipinski definition) is 8. The van der Waals surface area contributed by atoms with Crippen LogP contribution < -0.4 is 0 Å². The van der Waals surface area contributed by atoms with Gasteiger partial charge in [-0.15, -0.1) is 0 Å². The van der Waals surface area contributed by atoms with Crippen LogP contribution in [0.5, 0.6) is 0 Å². The molecule has 0 spiro atoms. The molecule has 8 N–H and O–H groups in total. The molecule has 10 heteroatoms. The molecule has 5 aliphatic rings. The van der Waals surface area contributed by atoms with Crippen molar-refractivity contribution in [2.75, 3.05) is 6.61 Å². The van der Waals surface area contributed by atoms with Gasteiger partial charge in [0.2, 0.25) is 0 Å². The molecular weight excluding hydrogens is 592 g/mol. The largest absolute Gasteiger partial charge is 0.394 e. The summed E-state index contributed by atoms with van der Waals surface area (Å²) in [7, 11) is 0. The minimum Gasteiger partial charge on any atom is -0.394 e. The molecule has 1 saturated heterocycles. The molecule has 0 aromatic heterocycles. The van der Waals surface area contributed by atoms with E-state index in [-0.39, 0.29) is 28.6 Å². The van der Waals surface area contributed by atoms with Crippen molar-refractivity contribution >= 4 is 0 Å². The van der Waals surface area contributed by atoms with E-state index in [0.717, 1.165) is 38.5 Å². The van der Waals surface area contributed by atoms with Gasteiger partial charge in [-0.25, -0.2) is 0 Å². The maximum atomic E-state index is 12.1. The van der Waals surface area contributed by atoms with E-state index in [1.165, 1.54) is 0 Å². The molecule has 0 radical (unpaired) electrons. The normalized spacial score (nSPS) is 52.2. The fraction of sp³-hybridized carbons (Fsp3) is 0.944. The molecular formula is C36H62O10. The minimum absolute atomic E-state index is 0.0459. The van der Waals surface area contributed by atoms with Gasteiger partial charge in [-0.1, -0.05) is 46.8 Å². The topological polar surface area (TPSA) is 180 Å². The van der Waals surface area contributed by atoms with Crippen LogP contribution in [0, 0.1) is 45.3 Å². The van der Waals surface area contributed by atoms with Crippen LogP contribution in [0.4, 0.5) is 0 Å². The Morgan fingerprint density at radius 3 is 2.13 bits per heavy atom. The Labute approximate surface area is 274 Å². The van der Waals surface area contributed by atoms with Gasteiger partial charge in [0.05, 0.1) is 30.5 Å². The molecule has 0 aromatic carbocycles. The van der Waals surface area contributed by atoms with Crippen molar-refractivity contribution in [1.82, 2.24) is 0 Å². The smallest absolute Gasteiger partial charge is 0.187 e. The first kappa shape index (κ1) is 36.6. The first-order chi connectivity index (χ1) is 21.2. The van der Waals surface area contributed by atoms with Gasteiger partial charge in [0, 0.05) is 5.41 Å². The Morgan fingerprint density at radius 2 is 1.52 bits per heavy atom. The number of fused-ring (bicyclic) bond motifs is 5. The third-order valence-electron chi connectivity index (χ3n) is 14.9. The monoisotopic (exact) mass is 654 g/mol. The van der Waals surface area contributed by atoms with E-state index in [4.69, 9.17) is 9.47 Å². The van der Waals surface area contributed by atoms with Crippen LogP contribution in [0.2, 0.25) is 0 Å². The van der Waals surface area contributed by atoms with Crippen molar-refractivity contribution in [3.05, 3.63) is 12.2 Å². The molecule has 266 valence electrons. The number of rotatable bonds is 8. The van der Waals surface area contributed by atoms with E-state index in [1.807, 2.05) is 27.7 Å². The average molecular weight is 655 g/mol. The molecule has 0 unspecified atom stereocenters. The highest BCUT2D eigenvalue weighted by Crippen LogP contribution is 2.76. The molecule has 4 saturated carbocycles. The van der Waals surface area contributed by atoms with Crippen LogP contribution in [0.1, 0.15) is 99.8 Å². The van der Waals surface area contributed by atoms with E-state index in [1.54, 1.807) is 0 Å². The highest BCUT2D eigenvalue weighted by Gasteiger charge is 2.73. The van der Waals surface area contributed by atoms with E-state index in [2.05, 4.69) is 27.4 Å². The standard InChI is InChI=1S/C36H62O10/c1-18(2)21(38)12-16-35(7,44)20-11-14-33(5)19(20)9-10-24-34(33,6)15-13-23-32(3,4)30(28(42)29(43)36(23,24)8)46-31-27(41)26(40)25(39)22(17-37)45-31/h19-31,37-44H,1,9-17H2,2-8H3/t19-,20+,21-,22-,23+,24+,25-,26+,27-,28-,29-,30+,31+,33-,34-,35-,36+/m1/s1. The quantitative estimate of drug-likeness (QED) is 0.143. The molecule has 10 nitrogen and oxygen atoms in total. The summed E-state index contributed by atoms with van der Waals surface area (Å²) in [6.45, 7) is 18.0. The number of aliphatic hydroxyl groups excluding tert-OH is 7. The maximum Gasteiger partial charge on any atom is 0.187 e. The Hall–Kier alpha value is -0.660. The van der Waals surface area contributed by atoms with E-state index < -0.39 is 78.2 Å². The highest BCUT2D eigenvalue weighted by atomic mass is 16.7. The fourth-order valence-corrected chi connectivity index (χ4v) is 12.0. The Balaban J connectivity index is 1.40. The molecule has 5 fully saturated rings. The zero-order valence-electron chi connectivity index (χ0n) is 29.0. The molecule has 0 bridgehead atoms. The van der Waals surface area contributed by atoms with Gasteiger partial charge in [0.15, 0.2) is 6.29 Å². The van der Waals surface area contributed by atoms with Crippen LogP contribution in [0.25, 0.3) is 0 Å². The molecule has 5 rings (SSSR count). The average Bonchev–Trinajstić information content (AvgIpc) is 3.36. The summed E-state index contributed by atoms with van der Waals surface area (Å²) in [6, 6.07) is 0. The molecule has 1 aliphatic heterocycles. The summed E-state index contributed by atoms with van der Waals surface area (Å²) >= 11 is 0. The van der Waals surface area contributed by atoms with Gasteiger partial charge in [-0.3, -0.25) is 0 Å². The van der Waals surface area contributed by atoms with E-state index in [0.29, 0.717) is 24.3 Å². The molecule has 17 atom stereocenters. The van der Waals surface area contributed by atoms with Gasteiger partial charge in [-0.2, -0.15) is 0 Å². The summed E-state index contributed by atoms with van der Waals surface area (Å²) in [5.41, 5.74) is -1.75. The Kier molecular flexibility index (Phi) is 9.78. The third kappa shape index (κ3) is 5.28. The summed E-state index contributed by atoms with van der Waals surface area (Å²) in [5.74, 6) is 0.459. The van der Waals surface area contributed by atoms with Crippen molar-refractivity contribution in [2.24, 2.45) is 45.3 Å². The van der Waals surface area contributed by atoms with E-state index >= 15 is 0 Å². The summed E-state index contributed by atoms with van der Waals surface area (Å²) in [4.78, 5) is 0. The van der Waals surface area contributed by atoms with Gasteiger partial charge in [-0.05, 0) is 105 Å². The van der Waals surface area contributed by atoms with Crippen molar-refractivity contribution in [3.63, 3.8) is 0 Å². The van der Waals surface area contributed by atoms with Crippen molar-refractivity contribution in [1.29, 1.82) is 0 Å². The van der Waals surface area contributed by atoms with Gasteiger partial charge in [0.25, 0.3) is 0 Å². The summed E-state index contributed by atoms with van der Waals surface area (Å²) in [5, 5.41) is 87.1. The van der Waals surface area contributed by atoms with Crippen molar-refractivity contribution < 1.29 is 50.3 Å². The van der Waals surface area contributed by atoms with Crippen LogP contribution in [0.3, 0.4) is 0 Å². The van der Waals surface area contributed by atoms with Gasteiger partial charge in [0.1, 0.15) is 30.5 Å². The predicted molar refractivity (Wildman–Crippen MR) is 171 cm³/mol. The second kappa shape index (κ2) is 12.3. The second-order valence-corrected chi connectivity index (χ2v) is 17.4. The molecule has 4 aliphatic carbocycles. The minimum atomic E-state index is -1.60. The predicted octanol–water partition coefficient (Wildman–Crippen LogP) is 2.27. The van der Waals surface area contributed by atoms with Crippen molar-refractivity contribution in [2.45, 2.75) is 161 Å². The summed E-state index contributed by atoms with van der Waals surface area (Å²) in [6.07, 6.45) is -4.93. The van der Waals surface area contributed by atoms with Crippen LogP contribution in [-0.2, 0) is 9.47 Å². The van der Waals surface area contributed by atoms with Gasteiger partial charge >= 0.3 is 0 Å². The molecule has 0 amide bonds. The second-order valence-electron chi connectivity index (χ2n) is 17.4. The SMILES string of the molecule is C=C(C)[C@H](O)CC[C@@](C)(O)[C@H]1CC[C@]2(C)[C@@H]1CC[C@@H]1[C@@]3(C)[C@H](O)[C@@H](O)[C@H](O[C@@H]4O[C@H](CO)[C@@H](O)[C@H](O)[C@H]4O)C(C)(C)[C@@H]3CC[C@]12C. The lowest BCUT2D eigenvalue weighted by atomic mass is 9.34. The zero-order valence-corrected chi connectivity index (χ0v) is 29.0. The lowest BCUT2D eigenvalue weighted by Crippen LogP contribution is -2.73. The zero-order chi connectivity index (χ0) is 34.4. The van der Waals surface area contributed by atoms with Gasteiger partial charge < -0.3 is 50.3 Å². The Morgan fingerprint density at radius 1 is 0.891 bits per heavy atom. The Bertz CT molecular complexity index is 1130. The number of aliphatic hydroxyl groups is 8. The maximum absolute atomic E-state index is 12.1. The van der Waals surface area contributed by atoms with Crippen LogP contribution >= 0.6 is 0 Å². The lowest BCUT2D eigenvalue weighted by molar-refractivity contribution is -0.355. The summed E-state index contributed by atoms with van der Waals surface area (Å²) < 4.78 is 11.9. The molecule has 46 heavy (non-hydrogen) atoms. The van der Waals surface area contributed by atoms with Crippen LogP contribution in [-0.4, -0.2) is 108 Å². The van der Waals surface area contributed by atoms with Crippen LogP contribution in [0.15, 0.2) is 12.2 Å². The third-order valence-corrected chi connectivity index (χ3v) is 14.9. The van der Waals surface area contributed by atoms with E-state index in [9.17, 15) is 40.9 Å². The first-order valence-corrected chi connectivity index (χ1v) is 17.6. The highest BCUT2D eigenvalue weighted by molar-refractivity contribution is 5.21. The first-order valence-electron chi connectivity index (χ1n) is 17.6. The lowest BCUT2D eigenvalue weighted by Gasteiger charge is -2.71. The number of ether oxygens (including phenoxy) is 2. The molecule has 1 heterocycles.